The van der Waals surface area contributed by atoms with E-state index >= 15 is 0 Å². The fraction of sp³-hybridized carbons (Fsp3) is 0.886. The summed E-state index contributed by atoms with van der Waals surface area (Å²) in [5.74, 6) is -0.945. The summed E-state index contributed by atoms with van der Waals surface area (Å²) in [5, 5.41) is 18.2. The number of aliphatic hydroxyl groups is 2. The average Bonchev–Trinajstić information content (AvgIpc) is 3.04. The molecule has 0 aliphatic heterocycles. The second-order valence-electron chi connectivity index (χ2n) is 12.3. The molecule has 0 radical (unpaired) electrons. The van der Waals surface area contributed by atoms with Crippen LogP contribution in [0.4, 0.5) is 0 Å². The summed E-state index contributed by atoms with van der Waals surface area (Å²) in [6, 6.07) is 0. The summed E-state index contributed by atoms with van der Waals surface area (Å²) in [7, 11) is -4.60. The van der Waals surface area contributed by atoms with Crippen LogP contribution in [0.25, 0.3) is 0 Å². The highest BCUT2D eigenvalue weighted by molar-refractivity contribution is 7.47. The molecule has 0 aliphatic rings. The zero-order valence-corrected chi connectivity index (χ0v) is 29.9. The van der Waals surface area contributed by atoms with E-state index in [1.54, 1.807) is 0 Å². The third-order valence-electron chi connectivity index (χ3n) is 7.67. The van der Waals surface area contributed by atoms with Gasteiger partial charge in [0.05, 0.1) is 19.8 Å². The molecule has 272 valence electrons. The number of hydrogen-bond donors (Lipinski definition) is 3. The zero-order valence-electron chi connectivity index (χ0n) is 29.0. The van der Waals surface area contributed by atoms with Crippen LogP contribution in [0.3, 0.4) is 0 Å². The van der Waals surface area contributed by atoms with Gasteiger partial charge in [-0.05, 0) is 38.5 Å². The Kier molecular flexibility index (Phi) is 31.4. The van der Waals surface area contributed by atoms with Gasteiger partial charge in [0.2, 0.25) is 0 Å². The second-order valence-corrected chi connectivity index (χ2v) is 13.7. The number of phosphoric ester groups is 1. The van der Waals surface area contributed by atoms with Crippen molar-refractivity contribution in [2.75, 3.05) is 26.4 Å². The normalized spacial score (nSPS) is 14.3. The van der Waals surface area contributed by atoms with Crippen molar-refractivity contribution in [1.29, 1.82) is 0 Å². The van der Waals surface area contributed by atoms with Crippen molar-refractivity contribution in [2.45, 2.75) is 174 Å². The number of rotatable bonds is 34. The lowest BCUT2D eigenvalue weighted by Gasteiger charge is -2.20. The quantitative estimate of drug-likeness (QED) is 0.0262. The van der Waals surface area contributed by atoms with E-state index in [4.69, 9.17) is 19.1 Å². The summed E-state index contributed by atoms with van der Waals surface area (Å²) in [6.07, 6.45) is 26.3. The van der Waals surface area contributed by atoms with Gasteiger partial charge in [-0.25, -0.2) is 4.57 Å². The molecular formula is C35H67O10P. The monoisotopic (exact) mass is 678 g/mol. The van der Waals surface area contributed by atoms with Crippen molar-refractivity contribution in [3.63, 3.8) is 0 Å². The average molecular weight is 679 g/mol. The molecule has 0 saturated carbocycles. The van der Waals surface area contributed by atoms with Crippen LogP contribution in [-0.2, 0) is 32.7 Å². The standard InChI is InChI=1S/C35H67O10P/c1-3-5-7-9-11-13-14-15-16-17-18-19-21-23-25-27-35(39)45-33(31-44-46(40,41)43-29-32(37)28-36)30-42-34(38)26-24-22-20-12-10-8-6-4-2/h17-18,32-33,36-37H,3-16,19-31H2,1-2H3,(H,40,41)/b18-17+/t32-,33+/m0/s1. The van der Waals surface area contributed by atoms with Crippen molar-refractivity contribution < 1.29 is 47.8 Å². The van der Waals surface area contributed by atoms with Gasteiger partial charge >= 0.3 is 19.8 Å². The molecule has 0 bridgehead atoms. The molecule has 0 fully saturated rings. The zero-order chi connectivity index (χ0) is 34.1. The number of hydrogen-bond acceptors (Lipinski definition) is 9. The molecule has 0 spiro atoms. The first-order valence-corrected chi connectivity index (χ1v) is 19.6. The number of esters is 2. The third kappa shape index (κ3) is 31.3. The SMILES string of the molecule is CCCCCCCCCC/C=C/CCCCCC(=O)O[C@H](COC(=O)CCCCCCCCCC)COP(=O)(O)OC[C@@H](O)CO. The van der Waals surface area contributed by atoms with Gasteiger partial charge in [-0.2, -0.15) is 0 Å². The largest absolute Gasteiger partial charge is 0.472 e. The predicted octanol–water partition coefficient (Wildman–Crippen LogP) is 8.50. The minimum absolute atomic E-state index is 0.167. The number of aliphatic hydroxyl groups excluding tert-OH is 2. The van der Waals surface area contributed by atoms with Crippen LogP contribution >= 0.6 is 7.82 Å². The van der Waals surface area contributed by atoms with Gasteiger partial charge in [-0.3, -0.25) is 18.6 Å². The van der Waals surface area contributed by atoms with Crippen LogP contribution in [0.5, 0.6) is 0 Å². The molecule has 11 heteroatoms. The van der Waals surface area contributed by atoms with Crippen molar-refractivity contribution in [1.82, 2.24) is 0 Å². The fourth-order valence-electron chi connectivity index (χ4n) is 4.81. The molecule has 1 unspecified atom stereocenters. The molecule has 10 nitrogen and oxygen atoms in total. The van der Waals surface area contributed by atoms with Crippen LogP contribution < -0.4 is 0 Å². The molecule has 0 aliphatic carbocycles. The van der Waals surface area contributed by atoms with Crippen LogP contribution in [0, 0.1) is 0 Å². The molecule has 0 aromatic heterocycles. The maximum Gasteiger partial charge on any atom is 0.472 e. The first kappa shape index (κ1) is 44.7. The highest BCUT2D eigenvalue weighted by Crippen LogP contribution is 2.43. The first-order chi connectivity index (χ1) is 22.2. The smallest absolute Gasteiger partial charge is 0.462 e. The lowest BCUT2D eigenvalue weighted by atomic mass is 10.1. The molecule has 46 heavy (non-hydrogen) atoms. The van der Waals surface area contributed by atoms with E-state index in [2.05, 4.69) is 30.5 Å². The van der Waals surface area contributed by atoms with E-state index < -0.39 is 51.8 Å². The molecule has 3 N–H and O–H groups in total. The number of allylic oxidation sites excluding steroid dienone is 2. The topological polar surface area (TPSA) is 149 Å². The second kappa shape index (κ2) is 32.3. The molecule has 0 saturated heterocycles. The van der Waals surface area contributed by atoms with Gasteiger partial charge < -0.3 is 24.6 Å². The summed E-state index contributed by atoms with van der Waals surface area (Å²) in [4.78, 5) is 34.6. The van der Waals surface area contributed by atoms with Crippen LogP contribution in [0.2, 0.25) is 0 Å². The van der Waals surface area contributed by atoms with Crippen LogP contribution in [0.1, 0.15) is 162 Å². The van der Waals surface area contributed by atoms with E-state index in [0.29, 0.717) is 12.8 Å². The fourth-order valence-corrected chi connectivity index (χ4v) is 5.60. The first-order valence-electron chi connectivity index (χ1n) is 18.1. The maximum atomic E-state index is 12.5. The minimum Gasteiger partial charge on any atom is -0.462 e. The Morgan fingerprint density at radius 1 is 0.630 bits per heavy atom. The lowest BCUT2D eigenvalue weighted by molar-refractivity contribution is -0.161. The Labute approximate surface area is 279 Å². The van der Waals surface area contributed by atoms with Gasteiger partial charge in [0, 0.05) is 12.8 Å². The summed E-state index contributed by atoms with van der Waals surface area (Å²) in [6.45, 7) is 2.31. The summed E-state index contributed by atoms with van der Waals surface area (Å²) < 4.78 is 32.4. The van der Waals surface area contributed by atoms with Gasteiger partial charge in [0.25, 0.3) is 0 Å². The summed E-state index contributed by atoms with van der Waals surface area (Å²) in [5.41, 5.74) is 0. The van der Waals surface area contributed by atoms with Gasteiger partial charge in [0.15, 0.2) is 6.10 Å². The van der Waals surface area contributed by atoms with Crippen molar-refractivity contribution in [3.8, 4) is 0 Å². The van der Waals surface area contributed by atoms with Gasteiger partial charge in [0.1, 0.15) is 12.7 Å². The Hall–Kier alpha value is -1.29. The Bertz CT molecular complexity index is 791. The predicted molar refractivity (Wildman–Crippen MR) is 182 cm³/mol. The van der Waals surface area contributed by atoms with E-state index in [0.717, 1.165) is 44.9 Å². The maximum absolute atomic E-state index is 12.5. The van der Waals surface area contributed by atoms with Gasteiger partial charge in [-0.15, -0.1) is 0 Å². The van der Waals surface area contributed by atoms with E-state index in [-0.39, 0.29) is 19.4 Å². The number of carbonyl (C=O) groups is 2. The minimum atomic E-state index is -4.60. The highest BCUT2D eigenvalue weighted by atomic mass is 31.2. The summed E-state index contributed by atoms with van der Waals surface area (Å²) >= 11 is 0. The van der Waals surface area contributed by atoms with Crippen LogP contribution in [0.15, 0.2) is 12.2 Å². The lowest BCUT2D eigenvalue weighted by Crippen LogP contribution is -2.29. The molecule has 0 amide bonds. The third-order valence-corrected chi connectivity index (χ3v) is 8.62. The molecular weight excluding hydrogens is 611 g/mol. The van der Waals surface area contributed by atoms with Crippen molar-refractivity contribution in [2.24, 2.45) is 0 Å². The van der Waals surface area contributed by atoms with Gasteiger partial charge in [-0.1, -0.05) is 122 Å². The number of ether oxygens (including phenoxy) is 2. The van der Waals surface area contributed by atoms with E-state index in [1.807, 2.05) is 0 Å². The van der Waals surface area contributed by atoms with Crippen LogP contribution in [-0.4, -0.2) is 65.7 Å². The number of unbranched alkanes of at least 4 members (excludes halogenated alkanes) is 18. The molecule has 0 heterocycles. The number of carbonyl (C=O) groups excluding carboxylic acids is 2. The Morgan fingerprint density at radius 2 is 1.07 bits per heavy atom. The van der Waals surface area contributed by atoms with Crippen molar-refractivity contribution in [3.05, 3.63) is 12.2 Å². The van der Waals surface area contributed by atoms with E-state index in [9.17, 15) is 24.2 Å². The molecule has 0 rings (SSSR count). The van der Waals surface area contributed by atoms with Crippen molar-refractivity contribution >= 4 is 19.8 Å². The molecule has 0 aromatic rings. The number of phosphoric acid groups is 1. The Balaban J connectivity index is 4.38. The molecule has 3 atom stereocenters. The molecule has 0 aromatic carbocycles. The highest BCUT2D eigenvalue weighted by Gasteiger charge is 2.27. The van der Waals surface area contributed by atoms with E-state index in [1.165, 1.54) is 77.0 Å². The Morgan fingerprint density at radius 3 is 1.59 bits per heavy atom.